The summed E-state index contributed by atoms with van der Waals surface area (Å²) in [5, 5.41) is 0. The second-order valence-corrected chi connectivity index (χ2v) is 5.21. The minimum absolute atomic E-state index is 0.439. The third kappa shape index (κ3) is 4.12. The van der Waals surface area contributed by atoms with Gasteiger partial charge in [0.2, 0.25) is 0 Å². The quantitative estimate of drug-likeness (QED) is 0.688. The van der Waals surface area contributed by atoms with Crippen LogP contribution in [0.15, 0.2) is 0 Å². The minimum Gasteiger partial charge on any atom is -0.382 e. The van der Waals surface area contributed by atoms with Crippen molar-refractivity contribution in [3.63, 3.8) is 0 Å². The summed E-state index contributed by atoms with van der Waals surface area (Å²) in [6.45, 7) is 7.04. The Hall–Kier alpha value is -0.0800. The van der Waals surface area contributed by atoms with E-state index in [-0.39, 0.29) is 0 Å². The van der Waals surface area contributed by atoms with Gasteiger partial charge in [-0.3, -0.25) is 0 Å². The highest BCUT2D eigenvalue weighted by molar-refractivity contribution is 4.86. The molecule has 0 spiro atoms. The number of rotatable bonds is 6. The minimum atomic E-state index is 0.439. The van der Waals surface area contributed by atoms with Crippen LogP contribution >= 0.6 is 0 Å². The first kappa shape index (κ1) is 13.0. The van der Waals surface area contributed by atoms with E-state index in [1.54, 1.807) is 0 Å². The molecule has 2 N–H and O–H groups in total. The summed E-state index contributed by atoms with van der Waals surface area (Å²) < 4.78 is 5.40. The van der Waals surface area contributed by atoms with Crippen molar-refractivity contribution in [3.8, 4) is 0 Å². The van der Waals surface area contributed by atoms with E-state index < -0.39 is 0 Å². The molecule has 0 saturated heterocycles. The van der Waals surface area contributed by atoms with Gasteiger partial charge in [-0.15, -0.1) is 0 Å². The fraction of sp³-hybridized carbons (Fsp3) is 1.00. The van der Waals surface area contributed by atoms with E-state index in [4.69, 9.17) is 10.5 Å². The lowest BCUT2D eigenvalue weighted by molar-refractivity contribution is 0.100. The average Bonchev–Trinajstić information content (AvgIpc) is 2.25. The Balaban J connectivity index is 2.31. The van der Waals surface area contributed by atoms with Crippen LogP contribution in [-0.4, -0.2) is 19.8 Å². The molecular formula is C13H27NO. The Labute approximate surface area is 94.6 Å². The molecule has 0 bridgehead atoms. The number of nitrogens with two attached hydrogens (primary N) is 1. The molecule has 0 aromatic carbocycles. The Morgan fingerprint density at radius 3 is 2.87 bits per heavy atom. The maximum absolute atomic E-state index is 5.97. The predicted octanol–water partition coefficient (Wildman–Crippen LogP) is 2.96. The third-order valence-corrected chi connectivity index (χ3v) is 3.82. The van der Waals surface area contributed by atoms with Gasteiger partial charge in [-0.1, -0.05) is 19.8 Å². The first-order valence-corrected chi connectivity index (χ1v) is 6.50. The largest absolute Gasteiger partial charge is 0.382 e. The van der Waals surface area contributed by atoms with E-state index in [1.807, 2.05) is 0 Å². The van der Waals surface area contributed by atoms with Crippen LogP contribution in [0.1, 0.15) is 52.4 Å². The molecule has 90 valence electrons. The molecule has 2 atom stereocenters. The molecule has 2 nitrogen and oxygen atoms in total. The molecule has 1 rings (SSSR count). The molecular weight excluding hydrogens is 186 g/mol. The summed E-state index contributed by atoms with van der Waals surface area (Å²) in [5.74, 6) is 0.870. The lowest BCUT2D eigenvalue weighted by Crippen LogP contribution is -2.35. The van der Waals surface area contributed by atoms with Gasteiger partial charge in [0.25, 0.3) is 0 Å². The van der Waals surface area contributed by atoms with Crippen molar-refractivity contribution in [3.05, 3.63) is 0 Å². The fourth-order valence-corrected chi connectivity index (χ4v) is 2.98. The Kier molecular flexibility index (Phi) is 5.62. The molecule has 1 fully saturated rings. The maximum atomic E-state index is 5.97. The molecule has 0 radical (unpaired) electrons. The van der Waals surface area contributed by atoms with Crippen LogP contribution in [0.25, 0.3) is 0 Å². The van der Waals surface area contributed by atoms with Crippen LogP contribution < -0.4 is 5.73 Å². The molecule has 0 aromatic heterocycles. The Bertz CT molecular complexity index is 172. The Morgan fingerprint density at radius 1 is 1.47 bits per heavy atom. The second kappa shape index (κ2) is 6.49. The number of hydrogen-bond acceptors (Lipinski definition) is 2. The van der Waals surface area contributed by atoms with Crippen molar-refractivity contribution >= 4 is 0 Å². The predicted molar refractivity (Wildman–Crippen MR) is 64.8 cm³/mol. The van der Waals surface area contributed by atoms with Crippen LogP contribution in [0.3, 0.4) is 0 Å². The molecule has 0 heterocycles. The monoisotopic (exact) mass is 213 g/mol. The normalized spacial score (nSPS) is 31.8. The summed E-state index contributed by atoms with van der Waals surface area (Å²) in [7, 11) is 0. The van der Waals surface area contributed by atoms with Crippen LogP contribution in [0.5, 0.6) is 0 Å². The molecule has 0 aliphatic heterocycles. The van der Waals surface area contributed by atoms with Crippen LogP contribution in [0, 0.1) is 11.3 Å². The molecule has 0 amide bonds. The lowest BCUT2D eigenvalue weighted by Gasteiger charge is -2.39. The molecule has 1 aliphatic rings. The fourth-order valence-electron chi connectivity index (χ4n) is 2.98. The standard InChI is InChI=1S/C13H27NO/c1-3-15-9-5-8-13(11-14)7-4-6-12(2)10-13/h12H,3-11,14H2,1-2H3. The van der Waals surface area contributed by atoms with E-state index in [9.17, 15) is 0 Å². The first-order chi connectivity index (χ1) is 7.22. The van der Waals surface area contributed by atoms with Gasteiger partial charge in [0.05, 0.1) is 0 Å². The van der Waals surface area contributed by atoms with Gasteiger partial charge in [0.1, 0.15) is 0 Å². The molecule has 15 heavy (non-hydrogen) atoms. The second-order valence-electron chi connectivity index (χ2n) is 5.21. The van der Waals surface area contributed by atoms with Crippen LogP contribution in [-0.2, 0) is 4.74 Å². The summed E-state index contributed by atoms with van der Waals surface area (Å²) in [6, 6.07) is 0. The first-order valence-electron chi connectivity index (χ1n) is 6.50. The average molecular weight is 213 g/mol. The SMILES string of the molecule is CCOCCCC1(CN)CCCC(C)C1. The van der Waals surface area contributed by atoms with E-state index in [1.165, 1.54) is 38.5 Å². The van der Waals surface area contributed by atoms with Crippen molar-refractivity contribution < 1.29 is 4.74 Å². The van der Waals surface area contributed by atoms with Gasteiger partial charge in [-0.25, -0.2) is 0 Å². The molecule has 0 aromatic rings. The van der Waals surface area contributed by atoms with Crippen LogP contribution in [0.2, 0.25) is 0 Å². The third-order valence-electron chi connectivity index (χ3n) is 3.82. The molecule has 2 unspecified atom stereocenters. The summed E-state index contributed by atoms with van der Waals surface area (Å²) in [5.41, 5.74) is 6.41. The van der Waals surface area contributed by atoms with Gasteiger partial charge >= 0.3 is 0 Å². The van der Waals surface area contributed by atoms with E-state index in [0.29, 0.717) is 5.41 Å². The lowest BCUT2D eigenvalue weighted by atomic mass is 9.68. The number of ether oxygens (including phenoxy) is 1. The highest BCUT2D eigenvalue weighted by Gasteiger charge is 2.32. The molecule has 1 saturated carbocycles. The van der Waals surface area contributed by atoms with Gasteiger partial charge in [-0.2, -0.15) is 0 Å². The zero-order valence-electron chi connectivity index (χ0n) is 10.4. The van der Waals surface area contributed by atoms with Crippen molar-refractivity contribution in [2.45, 2.75) is 52.4 Å². The summed E-state index contributed by atoms with van der Waals surface area (Å²) in [6.07, 6.45) is 7.86. The highest BCUT2D eigenvalue weighted by atomic mass is 16.5. The molecule has 2 heteroatoms. The van der Waals surface area contributed by atoms with E-state index in [2.05, 4.69) is 13.8 Å². The summed E-state index contributed by atoms with van der Waals surface area (Å²) in [4.78, 5) is 0. The summed E-state index contributed by atoms with van der Waals surface area (Å²) >= 11 is 0. The van der Waals surface area contributed by atoms with Gasteiger partial charge in [0.15, 0.2) is 0 Å². The van der Waals surface area contributed by atoms with Crippen molar-refractivity contribution in [1.82, 2.24) is 0 Å². The van der Waals surface area contributed by atoms with Gasteiger partial charge in [-0.05, 0) is 50.5 Å². The zero-order chi connectivity index (χ0) is 11.1. The van der Waals surface area contributed by atoms with E-state index in [0.717, 1.165) is 25.7 Å². The molecule has 1 aliphatic carbocycles. The van der Waals surface area contributed by atoms with Gasteiger partial charge < -0.3 is 10.5 Å². The number of hydrogen-bond donors (Lipinski definition) is 1. The van der Waals surface area contributed by atoms with Crippen LogP contribution in [0.4, 0.5) is 0 Å². The van der Waals surface area contributed by atoms with E-state index >= 15 is 0 Å². The van der Waals surface area contributed by atoms with Gasteiger partial charge in [0, 0.05) is 13.2 Å². The van der Waals surface area contributed by atoms with Crippen molar-refractivity contribution in [2.24, 2.45) is 17.1 Å². The zero-order valence-corrected chi connectivity index (χ0v) is 10.4. The Morgan fingerprint density at radius 2 is 2.27 bits per heavy atom. The van der Waals surface area contributed by atoms with Crippen molar-refractivity contribution in [2.75, 3.05) is 19.8 Å². The highest BCUT2D eigenvalue weighted by Crippen LogP contribution is 2.41. The topological polar surface area (TPSA) is 35.2 Å². The van der Waals surface area contributed by atoms with Crippen molar-refractivity contribution in [1.29, 1.82) is 0 Å². The maximum Gasteiger partial charge on any atom is 0.0466 e. The smallest absolute Gasteiger partial charge is 0.0466 e.